The van der Waals surface area contributed by atoms with E-state index in [1.54, 1.807) is 11.8 Å². The smallest absolute Gasteiger partial charge is 0.411 e. The summed E-state index contributed by atoms with van der Waals surface area (Å²) in [6, 6.07) is -0.453. The number of ether oxygens (including phenoxy) is 2. The lowest BCUT2D eigenvalue weighted by Gasteiger charge is -2.27. The van der Waals surface area contributed by atoms with Gasteiger partial charge >= 0.3 is 6.09 Å². The Bertz CT molecular complexity index is 391. The van der Waals surface area contributed by atoms with Crippen molar-refractivity contribution >= 4 is 23.8 Å². The van der Waals surface area contributed by atoms with Gasteiger partial charge in [0, 0.05) is 18.9 Å². The Morgan fingerprint density at radius 2 is 2.19 bits per heavy atom. The van der Waals surface area contributed by atoms with Gasteiger partial charge in [-0.05, 0) is 33.6 Å². The van der Waals surface area contributed by atoms with Gasteiger partial charge in [0.1, 0.15) is 11.6 Å². The van der Waals surface area contributed by atoms with Crippen LogP contribution in [-0.4, -0.2) is 59.4 Å². The third-order valence-corrected chi connectivity index (χ3v) is 4.35. The molecule has 1 N–H and O–H groups in total. The van der Waals surface area contributed by atoms with Crippen LogP contribution < -0.4 is 5.32 Å². The number of hydrogen-bond donors (Lipinski definition) is 1. The van der Waals surface area contributed by atoms with Gasteiger partial charge in [-0.1, -0.05) is 0 Å². The molecule has 2 saturated heterocycles. The topological polar surface area (TPSA) is 67.9 Å². The first kappa shape index (κ1) is 16.4. The predicted molar refractivity (Wildman–Crippen MR) is 81.2 cm³/mol. The Hall–Kier alpha value is -0.950. The van der Waals surface area contributed by atoms with Crippen LogP contribution in [0.3, 0.4) is 0 Å². The molecule has 0 aromatic rings. The van der Waals surface area contributed by atoms with Gasteiger partial charge in [0.2, 0.25) is 5.91 Å². The van der Waals surface area contributed by atoms with Crippen LogP contribution in [0.2, 0.25) is 0 Å². The number of nitrogens with zero attached hydrogens (tertiary/aromatic N) is 1. The predicted octanol–water partition coefficient (Wildman–Crippen LogP) is 1.59. The van der Waals surface area contributed by atoms with Crippen molar-refractivity contribution in [3.63, 3.8) is 0 Å². The van der Waals surface area contributed by atoms with Gasteiger partial charge in [-0.25, -0.2) is 4.79 Å². The first-order valence-corrected chi connectivity index (χ1v) is 8.49. The van der Waals surface area contributed by atoms with Crippen LogP contribution in [-0.2, 0) is 14.3 Å². The number of rotatable bonds is 3. The zero-order valence-corrected chi connectivity index (χ0v) is 13.7. The largest absolute Gasteiger partial charge is 0.444 e. The average molecular weight is 316 g/mol. The molecule has 0 saturated carbocycles. The molecule has 21 heavy (non-hydrogen) atoms. The van der Waals surface area contributed by atoms with E-state index in [1.165, 1.54) is 4.90 Å². The Morgan fingerprint density at radius 1 is 1.43 bits per heavy atom. The summed E-state index contributed by atoms with van der Waals surface area (Å²) >= 11 is 1.56. The van der Waals surface area contributed by atoms with Crippen LogP contribution in [0.15, 0.2) is 0 Å². The van der Waals surface area contributed by atoms with Crippen LogP contribution in [0.5, 0.6) is 0 Å². The molecule has 0 aromatic carbocycles. The van der Waals surface area contributed by atoms with E-state index in [0.29, 0.717) is 18.2 Å². The van der Waals surface area contributed by atoms with Crippen molar-refractivity contribution in [2.24, 2.45) is 0 Å². The lowest BCUT2D eigenvalue weighted by atomic mass is 10.2. The first-order valence-electron chi connectivity index (χ1n) is 7.33. The standard InChI is InChI=1S/C14H24N2O4S/c1-14(2,3)20-13(18)16-9-21-8-11(16)12(17)15-7-10-5-4-6-19-10/h10-11H,4-9H2,1-3H3,(H,15,17)/t10-,11+/m0/s1. The minimum absolute atomic E-state index is 0.109. The fourth-order valence-corrected chi connectivity index (χ4v) is 3.44. The molecule has 120 valence electrons. The molecule has 2 fully saturated rings. The maximum atomic E-state index is 12.3. The second-order valence-electron chi connectivity index (χ2n) is 6.35. The highest BCUT2D eigenvalue weighted by Gasteiger charge is 2.37. The maximum absolute atomic E-state index is 12.3. The van der Waals surface area contributed by atoms with E-state index in [2.05, 4.69) is 5.32 Å². The zero-order chi connectivity index (χ0) is 15.5. The molecule has 0 radical (unpaired) electrons. The van der Waals surface area contributed by atoms with E-state index in [-0.39, 0.29) is 12.0 Å². The molecule has 0 aliphatic carbocycles. The van der Waals surface area contributed by atoms with E-state index in [0.717, 1.165) is 19.4 Å². The Kier molecular flexibility index (Phi) is 5.37. The molecule has 6 nitrogen and oxygen atoms in total. The van der Waals surface area contributed by atoms with Crippen molar-refractivity contribution in [1.29, 1.82) is 0 Å². The van der Waals surface area contributed by atoms with Crippen molar-refractivity contribution in [1.82, 2.24) is 10.2 Å². The summed E-state index contributed by atoms with van der Waals surface area (Å²) < 4.78 is 10.8. The maximum Gasteiger partial charge on any atom is 0.411 e. The number of nitrogens with one attached hydrogen (secondary N) is 1. The fourth-order valence-electron chi connectivity index (χ4n) is 2.30. The molecular formula is C14H24N2O4S. The summed E-state index contributed by atoms with van der Waals surface area (Å²) in [6.07, 6.45) is 1.71. The third-order valence-electron chi connectivity index (χ3n) is 3.34. The van der Waals surface area contributed by atoms with Crippen molar-refractivity contribution in [3.8, 4) is 0 Å². The fraction of sp³-hybridized carbons (Fsp3) is 0.857. The summed E-state index contributed by atoms with van der Waals surface area (Å²) in [6.45, 7) is 6.74. The van der Waals surface area contributed by atoms with Gasteiger partial charge in [-0.2, -0.15) is 0 Å². The number of carbonyl (C=O) groups excluding carboxylic acids is 2. The Balaban J connectivity index is 1.85. The second kappa shape index (κ2) is 6.87. The lowest BCUT2D eigenvalue weighted by Crippen LogP contribution is -2.49. The quantitative estimate of drug-likeness (QED) is 0.856. The van der Waals surface area contributed by atoms with Crippen LogP contribution in [0.4, 0.5) is 4.79 Å². The molecule has 2 rings (SSSR count). The van der Waals surface area contributed by atoms with Crippen LogP contribution >= 0.6 is 11.8 Å². The number of hydrogen-bond acceptors (Lipinski definition) is 5. The summed E-state index contributed by atoms with van der Waals surface area (Å²) in [5, 5.41) is 2.89. The molecule has 2 atom stereocenters. The molecule has 0 unspecified atom stereocenters. The van der Waals surface area contributed by atoms with Crippen molar-refractivity contribution < 1.29 is 19.1 Å². The van der Waals surface area contributed by atoms with E-state index in [1.807, 2.05) is 20.8 Å². The SMILES string of the molecule is CC(C)(C)OC(=O)N1CSC[C@@H]1C(=O)NC[C@@H]1CCCO1. The number of carbonyl (C=O) groups is 2. The number of amides is 2. The van der Waals surface area contributed by atoms with Crippen LogP contribution in [0.1, 0.15) is 33.6 Å². The van der Waals surface area contributed by atoms with Gasteiger partial charge in [0.25, 0.3) is 0 Å². The molecule has 2 aliphatic heterocycles. The Morgan fingerprint density at radius 3 is 2.81 bits per heavy atom. The van der Waals surface area contributed by atoms with Gasteiger partial charge in [-0.3, -0.25) is 9.69 Å². The second-order valence-corrected chi connectivity index (χ2v) is 7.35. The van der Waals surface area contributed by atoms with Gasteiger partial charge < -0.3 is 14.8 Å². The minimum Gasteiger partial charge on any atom is -0.444 e. The zero-order valence-electron chi connectivity index (χ0n) is 12.9. The molecule has 2 heterocycles. The monoisotopic (exact) mass is 316 g/mol. The number of thioether (sulfide) groups is 1. The van der Waals surface area contributed by atoms with Gasteiger partial charge in [0.05, 0.1) is 12.0 Å². The summed E-state index contributed by atoms with van der Waals surface area (Å²) in [7, 11) is 0. The first-order chi connectivity index (χ1) is 9.87. The molecule has 0 bridgehead atoms. The molecule has 2 amide bonds. The highest BCUT2D eigenvalue weighted by atomic mass is 32.2. The summed E-state index contributed by atoms with van der Waals surface area (Å²) in [5.74, 6) is 0.977. The van der Waals surface area contributed by atoms with E-state index < -0.39 is 17.7 Å². The van der Waals surface area contributed by atoms with Crippen LogP contribution in [0, 0.1) is 0 Å². The van der Waals surface area contributed by atoms with E-state index >= 15 is 0 Å². The average Bonchev–Trinajstić information content (AvgIpc) is 3.05. The normalized spacial score (nSPS) is 26.0. The lowest BCUT2D eigenvalue weighted by molar-refractivity contribution is -0.125. The Labute approximate surface area is 129 Å². The molecule has 7 heteroatoms. The molecule has 0 aromatic heterocycles. The van der Waals surface area contributed by atoms with Crippen LogP contribution in [0.25, 0.3) is 0 Å². The van der Waals surface area contributed by atoms with E-state index in [4.69, 9.17) is 9.47 Å². The molecular weight excluding hydrogens is 292 g/mol. The highest BCUT2D eigenvalue weighted by Crippen LogP contribution is 2.23. The van der Waals surface area contributed by atoms with Crippen molar-refractivity contribution in [2.45, 2.75) is 51.4 Å². The van der Waals surface area contributed by atoms with Gasteiger partial charge in [0.15, 0.2) is 0 Å². The van der Waals surface area contributed by atoms with Gasteiger partial charge in [-0.15, -0.1) is 11.8 Å². The minimum atomic E-state index is -0.553. The third kappa shape index (κ3) is 4.78. The van der Waals surface area contributed by atoms with Crippen molar-refractivity contribution in [2.75, 3.05) is 24.8 Å². The summed E-state index contributed by atoms with van der Waals surface area (Å²) in [4.78, 5) is 25.9. The molecule has 0 spiro atoms. The summed E-state index contributed by atoms with van der Waals surface area (Å²) in [5.41, 5.74) is -0.553. The van der Waals surface area contributed by atoms with E-state index in [9.17, 15) is 9.59 Å². The molecule has 2 aliphatic rings. The van der Waals surface area contributed by atoms with Crippen molar-refractivity contribution in [3.05, 3.63) is 0 Å². The highest BCUT2D eigenvalue weighted by molar-refractivity contribution is 7.99.